The zero-order valence-electron chi connectivity index (χ0n) is 16.5. The summed E-state index contributed by atoms with van der Waals surface area (Å²) in [6.07, 6.45) is 4.05. The lowest BCUT2D eigenvalue weighted by Gasteiger charge is -2.21. The second-order valence-corrected chi connectivity index (χ2v) is 6.95. The van der Waals surface area contributed by atoms with E-state index in [1.165, 1.54) is 0 Å². The Hall–Kier alpha value is -3.08. The highest BCUT2D eigenvalue weighted by Crippen LogP contribution is 2.19. The Morgan fingerprint density at radius 3 is 2.32 bits per heavy atom. The Balaban J connectivity index is 1.63. The third-order valence-electron chi connectivity index (χ3n) is 4.72. The Morgan fingerprint density at radius 2 is 1.64 bits per heavy atom. The second kappa shape index (κ2) is 9.22. The van der Waals surface area contributed by atoms with Gasteiger partial charge in [0.05, 0.1) is 6.42 Å². The first-order valence-electron chi connectivity index (χ1n) is 9.86. The Labute approximate surface area is 165 Å². The molecule has 5 nitrogen and oxygen atoms in total. The molecule has 3 rings (SSSR count). The predicted molar refractivity (Wildman–Crippen MR) is 114 cm³/mol. The fraction of sp³-hybridized carbons (Fsp3) is 0.304. The van der Waals surface area contributed by atoms with Gasteiger partial charge in [0.1, 0.15) is 0 Å². The minimum absolute atomic E-state index is 0.0420. The number of para-hydroxylation sites is 1. The van der Waals surface area contributed by atoms with E-state index >= 15 is 0 Å². The van der Waals surface area contributed by atoms with Crippen molar-refractivity contribution in [3.8, 4) is 0 Å². The Kier molecular flexibility index (Phi) is 6.48. The van der Waals surface area contributed by atoms with Gasteiger partial charge in [-0.05, 0) is 48.7 Å². The van der Waals surface area contributed by atoms with E-state index < -0.39 is 0 Å². The van der Waals surface area contributed by atoms with Gasteiger partial charge in [-0.15, -0.1) is 0 Å². The van der Waals surface area contributed by atoms with Crippen LogP contribution < -0.4 is 5.32 Å². The van der Waals surface area contributed by atoms with Gasteiger partial charge in [-0.3, -0.25) is 9.59 Å². The van der Waals surface area contributed by atoms with Crippen LogP contribution in [-0.4, -0.2) is 34.8 Å². The highest BCUT2D eigenvalue weighted by molar-refractivity contribution is 5.97. The van der Waals surface area contributed by atoms with Crippen LogP contribution in [0.3, 0.4) is 0 Å². The maximum atomic E-state index is 12.6. The van der Waals surface area contributed by atoms with Gasteiger partial charge < -0.3 is 15.2 Å². The van der Waals surface area contributed by atoms with Crippen LogP contribution in [0.15, 0.2) is 54.7 Å². The van der Waals surface area contributed by atoms with E-state index in [1.54, 1.807) is 24.3 Å². The van der Waals surface area contributed by atoms with Crippen LogP contribution in [-0.2, 0) is 11.2 Å². The van der Waals surface area contributed by atoms with Gasteiger partial charge in [-0.1, -0.05) is 32.0 Å². The van der Waals surface area contributed by atoms with E-state index in [0.29, 0.717) is 17.7 Å². The minimum Gasteiger partial charge on any atom is -0.361 e. The molecular weight excluding hydrogens is 350 g/mol. The minimum atomic E-state index is -0.0811. The molecule has 0 aliphatic carbocycles. The summed E-state index contributed by atoms with van der Waals surface area (Å²) in [4.78, 5) is 30.1. The van der Waals surface area contributed by atoms with Crippen molar-refractivity contribution in [2.45, 2.75) is 33.1 Å². The quantitative estimate of drug-likeness (QED) is 0.602. The summed E-state index contributed by atoms with van der Waals surface area (Å²) < 4.78 is 0. The monoisotopic (exact) mass is 377 g/mol. The smallest absolute Gasteiger partial charge is 0.253 e. The molecule has 0 radical (unpaired) electrons. The Morgan fingerprint density at radius 1 is 0.964 bits per heavy atom. The zero-order chi connectivity index (χ0) is 19.9. The van der Waals surface area contributed by atoms with Crippen molar-refractivity contribution >= 4 is 28.4 Å². The SMILES string of the molecule is CCCN(CCC)C(=O)c1ccc(NC(=O)Cc2c[nH]c3ccccc23)cc1. The van der Waals surface area contributed by atoms with E-state index in [1.807, 2.05) is 35.4 Å². The molecule has 0 spiro atoms. The average Bonchev–Trinajstić information content (AvgIpc) is 3.11. The number of hydrogen-bond acceptors (Lipinski definition) is 2. The van der Waals surface area contributed by atoms with Crippen LogP contribution >= 0.6 is 0 Å². The molecule has 2 N–H and O–H groups in total. The number of nitrogens with zero attached hydrogens (tertiary/aromatic N) is 1. The number of hydrogen-bond donors (Lipinski definition) is 2. The number of nitrogens with one attached hydrogen (secondary N) is 2. The molecular formula is C23H27N3O2. The first-order chi connectivity index (χ1) is 13.6. The topological polar surface area (TPSA) is 65.2 Å². The highest BCUT2D eigenvalue weighted by Gasteiger charge is 2.14. The summed E-state index contributed by atoms with van der Waals surface area (Å²) in [6.45, 7) is 5.66. The molecule has 1 aromatic heterocycles. The number of rotatable bonds is 8. The van der Waals surface area contributed by atoms with Gasteiger partial charge in [-0.2, -0.15) is 0 Å². The molecule has 5 heteroatoms. The van der Waals surface area contributed by atoms with Crippen LogP contribution in [0.25, 0.3) is 10.9 Å². The van der Waals surface area contributed by atoms with Gasteiger partial charge in [0.25, 0.3) is 5.91 Å². The molecule has 0 fully saturated rings. The van der Waals surface area contributed by atoms with Crippen LogP contribution in [0.4, 0.5) is 5.69 Å². The van der Waals surface area contributed by atoms with E-state index in [9.17, 15) is 9.59 Å². The lowest BCUT2D eigenvalue weighted by atomic mass is 10.1. The maximum Gasteiger partial charge on any atom is 0.253 e. The molecule has 0 bridgehead atoms. The first kappa shape index (κ1) is 19.7. The van der Waals surface area contributed by atoms with Gasteiger partial charge in [0.15, 0.2) is 0 Å². The molecule has 0 atom stereocenters. The molecule has 0 saturated carbocycles. The van der Waals surface area contributed by atoms with E-state index in [-0.39, 0.29) is 11.8 Å². The highest BCUT2D eigenvalue weighted by atomic mass is 16.2. The summed E-state index contributed by atoms with van der Waals surface area (Å²) in [6, 6.07) is 15.1. The van der Waals surface area contributed by atoms with Gasteiger partial charge in [-0.25, -0.2) is 0 Å². The van der Waals surface area contributed by atoms with Crippen LogP contribution in [0.2, 0.25) is 0 Å². The lowest BCUT2D eigenvalue weighted by molar-refractivity contribution is -0.115. The molecule has 3 aromatic rings. The normalized spacial score (nSPS) is 10.8. The third kappa shape index (κ3) is 4.60. The summed E-state index contributed by atoms with van der Waals surface area (Å²) >= 11 is 0. The van der Waals surface area contributed by atoms with Gasteiger partial charge in [0, 0.05) is 41.4 Å². The van der Waals surface area contributed by atoms with E-state index in [0.717, 1.165) is 42.4 Å². The van der Waals surface area contributed by atoms with Crippen molar-refractivity contribution in [2.75, 3.05) is 18.4 Å². The fourth-order valence-corrected chi connectivity index (χ4v) is 3.39. The van der Waals surface area contributed by atoms with E-state index in [2.05, 4.69) is 24.1 Å². The largest absolute Gasteiger partial charge is 0.361 e. The molecule has 146 valence electrons. The molecule has 0 saturated heterocycles. The van der Waals surface area contributed by atoms with Crippen molar-refractivity contribution < 1.29 is 9.59 Å². The molecule has 0 aliphatic heterocycles. The fourth-order valence-electron chi connectivity index (χ4n) is 3.39. The number of anilines is 1. The van der Waals surface area contributed by atoms with Crippen molar-refractivity contribution in [1.82, 2.24) is 9.88 Å². The van der Waals surface area contributed by atoms with Crippen LogP contribution in [0.1, 0.15) is 42.6 Å². The molecule has 2 aromatic carbocycles. The summed E-state index contributed by atoms with van der Waals surface area (Å²) in [5, 5.41) is 3.97. The number of benzene rings is 2. The summed E-state index contributed by atoms with van der Waals surface area (Å²) in [5.41, 5.74) is 3.34. The van der Waals surface area contributed by atoms with Crippen molar-refractivity contribution in [1.29, 1.82) is 0 Å². The number of amides is 2. The summed E-state index contributed by atoms with van der Waals surface area (Å²) in [7, 11) is 0. The number of fused-ring (bicyclic) bond motifs is 1. The van der Waals surface area contributed by atoms with Crippen molar-refractivity contribution in [2.24, 2.45) is 0 Å². The average molecular weight is 377 g/mol. The van der Waals surface area contributed by atoms with Gasteiger partial charge >= 0.3 is 0 Å². The second-order valence-electron chi connectivity index (χ2n) is 6.95. The Bertz CT molecular complexity index is 938. The maximum absolute atomic E-state index is 12.6. The van der Waals surface area contributed by atoms with Crippen LogP contribution in [0.5, 0.6) is 0 Å². The number of H-pyrrole nitrogens is 1. The lowest BCUT2D eigenvalue weighted by Crippen LogP contribution is -2.32. The van der Waals surface area contributed by atoms with E-state index in [4.69, 9.17) is 0 Å². The molecule has 0 unspecified atom stereocenters. The standard InChI is InChI=1S/C23H27N3O2/c1-3-13-26(14-4-2)23(28)17-9-11-19(12-10-17)25-22(27)15-18-16-24-21-8-6-5-7-20(18)21/h5-12,16,24H,3-4,13-15H2,1-2H3,(H,25,27). The molecule has 0 aliphatic rings. The molecule has 1 heterocycles. The van der Waals surface area contributed by atoms with Crippen molar-refractivity contribution in [3.63, 3.8) is 0 Å². The molecule has 28 heavy (non-hydrogen) atoms. The predicted octanol–water partition coefficient (Wildman–Crippen LogP) is 4.61. The van der Waals surface area contributed by atoms with Crippen LogP contribution in [0, 0.1) is 0 Å². The summed E-state index contributed by atoms with van der Waals surface area (Å²) in [5.74, 6) is -0.0391. The number of carbonyl (C=O) groups is 2. The third-order valence-corrected chi connectivity index (χ3v) is 4.72. The number of aromatic nitrogens is 1. The van der Waals surface area contributed by atoms with Crippen molar-refractivity contribution in [3.05, 3.63) is 65.9 Å². The number of aromatic amines is 1. The number of carbonyl (C=O) groups excluding carboxylic acids is 2. The zero-order valence-corrected chi connectivity index (χ0v) is 16.5. The van der Waals surface area contributed by atoms with Gasteiger partial charge in [0.2, 0.25) is 5.91 Å². The first-order valence-corrected chi connectivity index (χ1v) is 9.86. The molecule has 2 amide bonds.